The van der Waals surface area contributed by atoms with Gasteiger partial charge in [0.05, 0.1) is 25.1 Å². The molecule has 7 nitrogen and oxygen atoms in total. The van der Waals surface area contributed by atoms with Gasteiger partial charge in [-0.05, 0) is 42.4 Å². The zero-order valence-electron chi connectivity index (χ0n) is 13.9. The predicted molar refractivity (Wildman–Crippen MR) is 95.5 cm³/mol. The number of nitrogens with zero attached hydrogens (tertiary/aromatic N) is 1. The van der Waals surface area contributed by atoms with Gasteiger partial charge in [-0.15, -0.1) is 0 Å². The first-order valence-corrected chi connectivity index (χ1v) is 8.50. The number of rotatable bonds is 7. The SMILES string of the molecule is COc1ccc(C)cc1NC(=O)CNC(=O)CSc1cccc[n+]1[O-]. The van der Waals surface area contributed by atoms with Crippen LogP contribution in [0.25, 0.3) is 0 Å². The summed E-state index contributed by atoms with van der Waals surface area (Å²) in [6.45, 7) is 1.74. The largest absolute Gasteiger partial charge is 0.618 e. The van der Waals surface area contributed by atoms with Crippen LogP contribution in [-0.2, 0) is 9.59 Å². The van der Waals surface area contributed by atoms with Gasteiger partial charge in [0.2, 0.25) is 11.8 Å². The molecule has 0 radical (unpaired) electrons. The van der Waals surface area contributed by atoms with E-state index in [2.05, 4.69) is 10.6 Å². The Morgan fingerprint density at radius 1 is 1.24 bits per heavy atom. The lowest BCUT2D eigenvalue weighted by molar-refractivity contribution is -0.645. The monoisotopic (exact) mass is 361 g/mol. The lowest BCUT2D eigenvalue weighted by Crippen LogP contribution is -2.34. The van der Waals surface area contributed by atoms with Gasteiger partial charge in [0, 0.05) is 12.1 Å². The van der Waals surface area contributed by atoms with Crippen LogP contribution >= 0.6 is 11.8 Å². The molecule has 0 atom stereocenters. The van der Waals surface area contributed by atoms with Crippen molar-refractivity contribution >= 4 is 29.3 Å². The summed E-state index contributed by atoms with van der Waals surface area (Å²) in [5.74, 6) is -0.0983. The minimum atomic E-state index is -0.360. The number of carbonyl (C=O) groups is 2. The molecule has 2 N–H and O–H groups in total. The molecule has 2 aromatic rings. The van der Waals surface area contributed by atoms with E-state index in [1.54, 1.807) is 30.3 Å². The Morgan fingerprint density at radius 2 is 2.04 bits per heavy atom. The number of hydrogen-bond acceptors (Lipinski definition) is 5. The standard InChI is InChI=1S/C17H19N3O4S/c1-12-6-7-14(24-2)13(9-12)19-15(21)10-18-16(22)11-25-17-5-3-4-8-20(17)23/h3-9H,10-11H2,1-2H3,(H,18,22)(H,19,21). The molecule has 1 aromatic heterocycles. The second-order valence-electron chi connectivity index (χ2n) is 5.18. The van der Waals surface area contributed by atoms with Crippen LogP contribution in [0, 0.1) is 12.1 Å². The highest BCUT2D eigenvalue weighted by atomic mass is 32.2. The van der Waals surface area contributed by atoms with Gasteiger partial charge in [0.25, 0.3) is 5.03 Å². The summed E-state index contributed by atoms with van der Waals surface area (Å²) in [4.78, 5) is 23.8. The predicted octanol–water partition coefficient (Wildman–Crippen LogP) is 1.48. The van der Waals surface area contributed by atoms with E-state index in [-0.39, 0.29) is 24.1 Å². The number of thioether (sulfide) groups is 1. The fraction of sp³-hybridized carbons (Fsp3) is 0.235. The molecule has 0 saturated heterocycles. The van der Waals surface area contributed by atoms with Crippen molar-refractivity contribution in [3.05, 3.63) is 53.4 Å². The molecular formula is C17H19N3O4S. The lowest BCUT2D eigenvalue weighted by Gasteiger charge is -2.11. The van der Waals surface area contributed by atoms with Crippen molar-refractivity contribution in [2.45, 2.75) is 11.9 Å². The summed E-state index contributed by atoms with van der Waals surface area (Å²) in [5.41, 5.74) is 1.53. The number of amides is 2. The van der Waals surface area contributed by atoms with E-state index in [9.17, 15) is 14.8 Å². The number of carbonyl (C=O) groups excluding carboxylic acids is 2. The molecule has 0 fully saturated rings. The summed E-state index contributed by atoms with van der Waals surface area (Å²) >= 11 is 1.11. The van der Waals surface area contributed by atoms with Crippen molar-refractivity contribution in [1.29, 1.82) is 0 Å². The van der Waals surface area contributed by atoms with Crippen LogP contribution in [0.5, 0.6) is 5.75 Å². The van der Waals surface area contributed by atoms with E-state index in [1.165, 1.54) is 13.3 Å². The van der Waals surface area contributed by atoms with Crippen molar-refractivity contribution < 1.29 is 19.1 Å². The summed E-state index contributed by atoms with van der Waals surface area (Å²) in [6.07, 6.45) is 1.36. The highest BCUT2D eigenvalue weighted by Gasteiger charge is 2.12. The van der Waals surface area contributed by atoms with Gasteiger partial charge < -0.3 is 20.6 Å². The molecule has 1 aromatic carbocycles. The Bertz CT molecular complexity index is 767. The minimum Gasteiger partial charge on any atom is -0.618 e. The average molecular weight is 361 g/mol. The molecule has 2 amide bonds. The molecular weight excluding hydrogens is 342 g/mol. The highest BCUT2D eigenvalue weighted by Crippen LogP contribution is 2.24. The third kappa shape index (κ3) is 5.68. The molecule has 0 aliphatic rings. The van der Waals surface area contributed by atoms with Crippen LogP contribution in [0.4, 0.5) is 5.69 Å². The number of aromatic nitrogens is 1. The summed E-state index contributed by atoms with van der Waals surface area (Å²) < 4.78 is 5.88. The van der Waals surface area contributed by atoms with Crippen molar-refractivity contribution in [3.8, 4) is 5.75 Å². The molecule has 0 unspecified atom stereocenters. The molecule has 132 valence electrons. The van der Waals surface area contributed by atoms with Crippen molar-refractivity contribution in [2.24, 2.45) is 0 Å². The molecule has 0 bridgehead atoms. The van der Waals surface area contributed by atoms with E-state index >= 15 is 0 Å². The molecule has 8 heteroatoms. The molecule has 25 heavy (non-hydrogen) atoms. The van der Waals surface area contributed by atoms with Crippen LogP contribution in [0.2, 0.25) is 0 Å². The number of methoxy groups -OCH3 is 1. The van der Waals surface area contributed by atoms with Crippen LogP contribution in [0.1, 0.15) is 5.56 Å². The van der Waals surface area contributed by atoms with Crippen LogP contribution < -0.4 is 20.1 Å². The Morgan fingerprint density at radius 3 is 2.76 bits per heavy atom. The Balaban J connectivity index is 1.81. The number of anilines is 1. The van der Waals surface area contributed by atoms with Gasteiger partial charge in [0.1, 0.15) is 5.75 Å². The quantitative estimate of drug-likeness (QED) is 0.443. The summed E-state index contributed by atoms with van der Waals surface area (Å²) in [5, 5.41) is 17.1. The minimum absolute atomic E-state index is 0.0489. The van der Waals surface area contributed by atoms with Gasteiger partial charge in [-0.2, -0.15) is 4.73 Å². The number of benzene rings is 1. The van der Waals surface area contributed by atoms with Gasteiger partial charge in [-0.25, -0.2) is 0 Å². The third-order valence-electron chi connectivity index (χ3n) is 3.21. The van der Waals surface area contributed by atoms with Crippen LogP contribution in [0.15, 0.2) is 47.6 Å². The first-order chi connectivity index (χ1) is 12.0. The molecule has 0 spiro atoms. The summed E-state index contributed by atoms with van der Waals surface area (Å²) in [7, 11) is 1.52. The van der Waals surface area contributed by atoms with Crippen LogP contribution in [0.3, 0.4) is 0 Å². The maximum atomic E-state index is 12.0. The van der Waals surface area contributed by atoms with E-state index in [1.807, 2.05) is 13.0 Å². The van der Waals surface area contributed by atoms with E-state index in [4.69, 9.17) is 4.74 Å². The maximum absolute atomic E-state index is 12.0. The molecule has 1 heterocycles. The first-order valence-electron chi connectivity index (χ1n) is 7.52. The van der Waals surface area contributed by atoms with Crippen molar-refractivity contribution in [1.82, 2.24) is 5.32 Å². The third-order valence-corrected chi connectivity index (χ3v) is 4.23. The zero-order valence-corrected chi connectivity index (χ0v) is 14.8. The van der Waals surface area contributed by atoms with Gasteiger partial charge >= 0.3 is 0 Å². The average Bonchev–Trinajstić information content (AvgIpc) is 2.59. The number of ether oxygens (including phenoxy) is 1. The number of aryl methyl sites for hydroxylation is 1. The Labute approximate surface area is 150 Å². The number of nitrogens with one attached hydrogen (secondary N) is 2. The Hall–Kier alpha value is -2.74. The fourth-order valence-electron chi connectivity index (χ4n) is 2.01. The van der Waals surface area contributed by atoms with Gasteiger partial charge in [-0.1, -0.05) is 6.07 Å². The van der Waals surface area contributed by atoms with Gasteiger partial charge in [0.15, 0.2) is 6.20 Å². The topological polar surface area (TPSA) is 94.4 Å². The second kappa shape index (κ2) is 8.93. The molecule has 0 saturated carbocycles. The fourth-order valence-corrected chi connectivity index (χ4v) is 2.75. The molecule has 0 aliphatic heterocycles. The normalized spacial score (nSPS) is 10.2. The number of pyridine rings is 1. The van der Waals surface area contributed by atoms with Gasteiger partial charge in [-0.3, -0.25) is 9.59 Å². The Kier molecular flexibility index (Phi) is 6.64. The molecule has 2 rings (SSSR count). The van der Waals surface area contributed by atoms with E-state index in [0.717, 1.165) is 17.3 Å². The van der Waals surface area contributed by atoms with Crippen LogP contribution in [-0.4, -0.2) is 31.2 Å². The summed E-state index contributed by atoms with van der Waals surface area (Å²) in [6, 6.07) is 10.4. The maximum Gasteiger partial charge on any atom is 0.251 e. The van der Waals surface area contributed by atoms with Crippen molar-refractivity contribution in [3.63, 3.8) is 0 Å². The lowest BCUT2D eigenvalue weighted by atomic mass is 10.2. The van der Waals surface area contributed by atoms with Crippen molar-refractivity contribution in [2.75, 3.05) is 24.7 Å². The molecule has 0 aliphatic carbocycles. The van der Waals surface area contributed by atoms with E-state index < -0.39 is 0 Å². The highest BCUT2D eigenvalue weighted by molar-refractivity contribution is 7.99. The van der Waals surface area contributed by atoms with E-state index in [0.29, 0.717) is 21.2 Å². The number of hydrogen-bond donors (Lipinski definition) is 2. The first kappa shape index (κ1) is 18.6. The smallest absolute Gasteiger partial charge is 0.251 e. The zero-order chi connectivity index (χ0) is 18.2. The second-order valence-corrected chi connectivity index (χ2v) is 6.18.